The van der Waals surface area contributed by atoms with Crippen LogP contribution in [0.4, 0.5) is 26.3 Å². The van der Waals surface area contributed by atoms with Gasteiger partial charge in [0.1, 0.15) is 11.6 Å². The Kier molecular flexibility index (Phi) is 6.12. The molecule has 0 spiro atoms. The number of methoxy groups -OCH3 is 1. The molecule has 0 bridgehead atoms. The molecule has 0 aliphatic carbocycles. The highest BCUT2D eigenvalue weighted by atomic mass is 19.4. The zero-order valence-corrected chi connectivity index (χ0v) is 14.6. The summed E-state index contributed by atoms with van der Waals surface area (Å²) in [5.41, 5.74) is 0.341. The summed E-state index contributed by atoms with van der Waals surface area (Å²) in [5, 5.41) is 6.49. The van der Waals surface area contributed by atoms with E-state index in [0.717, 1.165) is 18.3 Å². The molecule has 0 atom stereocenters. The van der Waals surface area contributed by atoms with E-state index in [0.29, 0.717) is 4.57 Å². The predicted molar refractivity (Wildman–Crippen MR) is 87.3 cm³/mol. The van der Waals surface area contributed by atoms with Crippen molar-refractivity contribution in [3.05, 3.63) is 41.0 Å². The fourth-order valence-electron chi connectivity index (χ4n) is 2.33. The Hall–Kier alpha value is -2.89. The van der Waals surface area contributed by atoms with Crippen LogP contribution >= 0.6 is 0 Å². The second kappa shape index (κ2) is 8.00. The zero-order chi connectivity index (χ0) is 21.1. The first-order chi connectivity index (χ1) is 13.0. The molecule has 0 aliphatic rings. The van der Waals surface area contributed by atoms with Crippen molar-refractivity contribution in [2.75, 3.05) is 7.11 Å². The Labute approximate surface area is 155 Å². The van der Waals surface area contributed by atoms with Crippen molar-refractivity contribution in [3.63, 3.8) is 0 Å². The third-order valence-corrected chi connectivity index (χ3v) is 3.43. The number of alkyl halides is 6. The zero-order valence-electron chi connectivity index (χ0n) is 14.6. The van der Waals surface area contributed by atoms with Crippen LogP contribution in [-0.4, -0.2) is 35.0 Å². The molecule has 0 aliphatic heterocycles. The lowest BCUT2D eigenvalue weighted by molar-refractivity contribution is -0.274. The van der Waals surface area contributed by atoms with Crippen LogP contribution in [0.1, 0.15) is 22.8 Å². The van der Waals surface area contributed by atoms with Gasteiger partial charge in [-0.1, -0.05) is 0 Å². The van der Waals surface area contributed by atoms with Crippen molar-refractivity contribution in [1.82, 2.24) is 14.8 Å². The van der Waals surface area contributed by atoms with Crippen LogP contribution in [0.2, 0.25) is 0 Å². The molecular weight excluding hydrogens is 394 g/mol. The van der Waals surface area contributed by atoms with Gasteiger partial charge in [-0.05, 0) is 37.4 Å². The van der Waals surface area contributed by atoms with E-state index in [9.17, 15) is 26.3 Å². The Morgan fingerprint density at radius 2 is 1.89 bits per heavy atom. The van der Waals surface area contributed by atoms with E-state index >= 15 is 0 Å². The van der Waals surface area contributed by atoms with Crippen LogP contribution in [-0.2, 0) is 17.5 Å². The van der Waals surface area contributed by atoms with E-state index in [-0.39, 0.29) is 29.3 Å². The Balaban J connectivity index is 2.56. The Morgan fingerprint density at radius 1 is 1.21 bits per heavy atom. The van der Waals surface area contributed by atoms with E-state index in [1.165, 1.54) is 20.1 Å². The van der Waals surface area contributed by atoms with Gasteiger partial charge in [0.2, 0.25) is 5.82 Å². The molecule has 1 aromatic carbocycles. The van der Waals surface area contributed by atoms with Gasteiger partial charge in [0.25, 0.3) is 0 Å². The summed E-state index contributed by atoms with van der Waals surface area (Å²) in [6.45, 7) is 4.47. The minimum atomic E-state index is -4.90. The fourth-order valence-corrected chi connectivity index (χ4v) is 2.33. The number of hydrogen-bond donors (Lipinski definition) is 0. The van der Waals surface area contributed by atoms with E-state index in [1.54, 1.807) is 0 Å². The summed E-state index contributed by atoms with van der Waals surface area (Å²) in [6, 6.07) is 3.27. The second-order valence-electron chi connectivity index (χ2n) is 5.41. The molecule has 2 rings (SSSR count). The number of ether oxygens (including phenoxy) is 2. The molecule has 0 fully saturated rings. The van der Waals surface area contributed by atoms with Gasteiger partial charge in [-0.2, -0.15) is 13.2 Å². The molecule has 0 amide bonds. The van der Waals surface area contributed by atoms with E-state index in [4.69, 9.17) is 4.74 Å². The number of aromatic nitrogens is 3. The first-order valence-electron chi connectivity index (χ1n) is 7.51. The fraction of sp³-hybridized carbons (Fsp3) is 0.312. The molecule has 0 saturated heterocycles. The van der Waals surface area contributed by atoms with Gasteiger partial charge in [-0.25, -0.2) is 0 Å². The summed E-state index contributed by atoms with van der Waals surface area (Å²) in [5.74, 6) is -1.86. The average Bonchev–Trinajstić information content (AvgIpc) is 2.93. The molecule has 152 valence electrons. The Bertz CT molecular complexity index is 886. The lowest BCUT2D eigenvalue weighted by Crippen LogP contribution is -2.17. The summed E-state index contributed by atoms with van der Waals surface area (Å²) in [6.07, 6.45) is -8.68. The number of nitrogens with zero attached hydrogens (tertiary/aromatic N) is 4. The van der Waals surface area contributed by atoms with Gasteiger partial charge < -0.3 is 9.47 Å². The van der Waals surface area contributed by atoms with Gasteiger partial charge >= 0.3 is 12.5 Å². The first-order valence-corrected chi connectivity index (χ1v) is 7.51. The predicted octanol–water partition coefficient (Wildman–Crippen LogP) is 4.31. The number of hydrogen-bond acceptors (Lipinski definition) is 5. The highest BCUT2D eigenvalue weighted by Crippen LogP contribution is 2.32. The molecule has 0 N–H and O–H groups in total. The molecule has 1 heterocycles. The summed E-state index contributed by atoms with van der Waals surface area (Å²) >= 11 is 0. The molecule has 1 aromatic heterocycles. The highest BCUT2D eigenvalue weighted by molar-refractivity contribution is 5.79. The van der Waals surface area contributed by atoms with E-state index in [2.05, 4.69) is 26.6 Å². The van der Waals surface area contributed by atoms with Crippen LogP contribution in [0.25, 0.3) is 11.9 Å². The summed E-state index contributed by atoms with van der Waals surface area (Å²) < 4.78 is 86.0. The second-order valence-corrected chi connectivity index (χ2v) is 5.41. The topological polar surface area (TPSA) is 61.5 Å². The Morgan fingerprint density at radius 3 is 2.43 bits per heavy atom. The van der Waals surface area contributed by atoms with Crippen molar-refractivity contribution in [2.24, 2.45) is 4.99 Å². The highest BCUT2D eigenvalue weighted by Gasteiger charge is 2.37. The standard InChI is InChI=1S/C16H14F6N4O2/c1-9-24-25-14(15(17,18)19)26(9)7-13(23-2)12-5-4-11(28-16(20,21)22)6-10(12)8-27-3/h4-7H,2,8H2,1,3H3/b13-7-. The van der Waals surface area contributed by atoms with Gasteiger partial charge in [-0.15, -0.1) is 23.4 Å². The molecule has 6 nitrogen and oxygen atoms in total. The van der Waals surface area contributed by atoms with Gasteiger partial charge in [0.15, 0.2) is 0 Å². The molecule has 0 saturated carbocycles. The lowest BCUT2D eigenvalue weighted by Gasteiger charge is -2.14. The van der Waals surface area contributed by atoms with Crippen LogP contribution < -0.4 is 4.74 Å². The van der Waals surface area contributed by atoms with Crippen LogP contribution in [0.15, 0.2) is 23.2 Å². The first kappa shape index (κ1) is 21.4. The van der Waals surface area contributed by atoms with Crippen molar-refractivity contribution >= 4 is 18.6 Å². The number of aliphatic imine (C=N–C) groups is 1. The SMILES string of the molecule is C=N/C(=C\n1c(C)nnc1C(F)(F)F)c1ccc(OC(F)(F)F)cc1COC. The van der Waals surface area contributed by atoms with Crippen molar-refractivity contribution in [2.45, 2.75) is 26.1 Å². The van der Waals surface area contributed by atoms with Gasteiger partial charge in [0, 0.05) is 18.9 Å². The average molecular weight is 408 g/mol. The normalized spacial score (nSPS) is 12.9. The smallest absolute Gasteiger partial charge is 0.406 e. The summed E-state index contributed by atoms with van der Waals surface area (Å²) in [7, 11) is 1.30. The number of benzene rings is 1. The maximum atomic E-state index is 13.1. The quantitative estimate of drug-likeness (QED) is 0.528. The minimum Gasteiger partial charge on any atom is -0.406 e. The molecule has 0 radical (unpaired) electrons. The molecule has 2 aromatic rings. The molecule has 0 unspecified atom stereocenters. The number of aryl methyl sites for hydroxylation is 1. The van der Waals surface area contributed by atoms with Gasteiger partial charge in [-0.3, -0.25) is 9.56 Å². The summed E-state index contributed by atoms with van der Waals surface area (Å²) in [4.78, 5) is 3.69. The maximum Gasteiger partial charge on any atom is 0.573 e. The van der Waals surface area contributed by atoms with Crippen molar-refractivity contribution in [1.29, 1.82) is 0 Å². The van der Waals surface area contributed by atoms with E-state index < -0.39 is 24.1 Å². The monoisotopic (exact) mass is 408 g/mol. The minimum absolute atomic E-state index is 0.0565. The maximum absolute atomic E-state index is 13.1. The lowest BCUT2D eigenvalue weighted by atomic mass is 10.0. The molecular formula is C16H14F6N4O2. The third kappa shape index (κ3) is 5.09. The number of halogens is 6. The van der Waals surface area contributed by atoms with Crippen molar-refractivity contribution in [3.8, 4) is 5.75 Å². The van der Waals surface area contributed by atoms with Crippen LogP contribution in [0, 0.1) is 6.92 Å². The molecule has 12 heteroatoms. The third-order valence-electron chi connectivity index (χ3n) is 3.43. The van der Waals surface area contributed by atoms with E-state index in [1.807, 2.05) is 0 Å². The van der Waals surface area contributed by atoms with Crippen molar-refractivity contribution < 1.29 is 35.8 Å². The molecule has 28 heavy (non-hydrogen) atoms. The van der Waals surface area contributed by atoms with Crippen LogP contribution in [0.5, 0.6) is 5.75 Å². The number of rotatable bonds is 6. The van der Waals surface area contributed by atoms with Crippen LogP contribution in [0.3, 0.4) is 0 Å². The largest absolute Gasteiger partial charge is 0.573 e. The van der Waals surface area contributed by atoms with Gasteiger partial charge in [0.05, 0.1) is 12.3 Å².